The highest BCUT2D eigenvalue weighted by molar-refractivity contribution is 5.23. The first kappa shape index (κ1) is 13.1. The fourth-order valence-corrected chi connectivity index (χ4v) is 1.72. The lowest BCUT2D eigenvalue weighted by molar-refractivity contribution is 0.321. The van der Waals surface area contributed by atoms with E-state index in [0.717, 1.165) is 31.6 Å². The van der Waals surface area contributed by atoms with Crippen LogP contribution in [0.15, 0.2) is 18.2 Å². The first-order valence-corrected chi connectivity index (χ1v) is 5.71. The first-order valence-electron chi connectivity index (χ1n) is 5.71. The van der Waals surface area contributed by atoms with Crippen LogP contribution in [-0.2, 0) is 6.54 Å². The summed E-state index contributed by atoms with van der Waals surface area (Å²) in [5.41, 5.74) is 1.90. The summed E-state index contributed by atoms with van der Waals surface area (Å²) in [7, 11) is 4.05. The number of nitrogens with one attached hydrogen (secondary N) is 1. The van der Waals surface area contributed by atoms with Gasteiger partial charge >= 0.3 is 0 Å². The number of hydrogen-bond acceptors (Lipinski definition) is 2. The van der Waals surface area contributed by atoms with E-state index in [1.807, 2.05) is 19.2 Å². The zero-order chi connectivity index (χ0) is 12.0. The van der Waals surface area contributed by atoms with Gasteiger partial charge in [0.15, 0.2) is 0 Å². The molecule has 90 valence electrons. The summed E-state index contributed by atoms with van der Waals surface area (Å²) in [6.45, 7) is 4.77. The molecule has 1 rings (SSSR count). The summed E-state index contributed by atoms with van der Waals surface area (Å²) in [5, 5.41) is 3.13. The van der Waals surface area contributed by atoms with Gasteiger partial charge in [-0.25, -0.2) is 4.39 Å². The fourth-order valence-electron chi connectivity index (χ4n) is 1.72. The van der Waals surface area contributed by atoms with Gasteiger partial charge in [-0.1, -0.05) is 12.1 Å². The first-order chi connectivity index (χ1) is 7.63. The Kier molecular flexibility index (Phi) is 5.43. The Labute approximate surface area is 97.5 Å². The Bertz CT molecular complexity index is 326. The Morgan fingerprint density at radius 1 is 1.38 bits per heavy atom. The van der Waals surface area contributed by atoms with Crippen LogP contribution < -0.4 is 5.32 Å². The van der Waals surface area contributed by atoms with E-state index in [1.54, 1.807) is 13.0 Å². The van der Waals surface area contributed by atoms with Crippen LogP contribution in [0.5, 0.6) is 0 Å². The van der Waals surface area contributed by atoms with Gasteiger partial charge in [0.25, 0.3) is 0 Å². The van der Waals surface area contributed by atoms with E-state index >= 15 is 0 Å². The molecule has 2 nitrogen and oxygen atoms in total. The quantitative estimate of drug-likeness (QED) is 0.745. The molecule has 3 heteroatoms. The molecule has 0 fully saturated rings. The number of aryl methyl sites for hydroxylation is 1. The van der Waals surface area contributed by atoms with Crippen molar-refractivity contribution in [2.24, 2.45) is 0 Å². The minimum atomic E-state index is -0.124. The largest absolute Gasteiger partial charge is 0.320 e. The van der Waals surface area contributed by atoms with Crippen molar-refractivity contribution in [1.82, 2.24) is 10.2 Å². The minimum absolute atomic E-state index is 0.124. The molecule has 0 heterocycles. The van der Waals surface area contributed by atoms with Crippen LogP contribution in [0.4, 0.5) is 4.39 Å². The van der Waals surface area contributed by atoms with E-state index in [1.165, 1.54) is 5.56 Å². The molecule has 0 radical (unpaired) electrons. The van der Waals surface area contributed by atoms with Gasteiger partial charge in [-0.3, -0.25) is 0 Å². The summed E-state index contributed by atoms with van der Waals surface area (Å²) in [6.07, 6.45) is 1.13. The molecule has 0 saturated heterocycles. The molecule has 0 saturated carbocycles. The molecule has 0 bridgehead atoms. The van der Waals surface area contributed by atoms with E-state index in [0.29, 0.717) is 0 Å². The summed E-state index contributed by atoms with van der Waals surface area (Å²) in [6, 6.07) is 5.33. The molecule has 0 amide bonds. The topological polar surface area (TPSA) is 15.3 Å². The Hall–Kier alpha value is -0.930. The summed E-state index contributed by atoms with van der Waals surface area (Å²) >= 11 is 0. The molecule has 1 N–H and O–H groups in total. The molecule has 16 heavy (non-hydrogen) atoms. The molecule has 0 spiro atoms. The van der Waals surface area contributed by atoms with Crippen LogP contribution in [0.25, 0.3) is 0 Å². The van der Waals surface area contributed by atoms with Crippen LogP contribution in [0.3, 0.4) is 0 Å². The van der Waals surface area contributed by atoms with Gasteiger partial charge in [-0.05, 0) is 57.7 Å². The van der Waals surface area contributed by atoms with Gasteiger partial charge in [0.05, 0.1) is 0 Å². The maximum Gasteiger partial charge on any atom is 0.126 e. The van der Waals surface area contributed by atoms with Crippen molar-refractivity contribution >= 4 is 0 Å². The summed E-state index contributed by atoms with van der Waals surface area (Å²) in [4.78, 5) is 2.25. The number of benzene rings is 1. The molecular formula is C13H21FN2. The van der Waals surface area contributed by atoms with Gasteiger partial charge in [0.2, 0.25) is 0 Å². The van der Waals surface area contributed by atoms with Crippen LogP contribution in [0.2, 0.25) is 0 Å². The zero-order valence-electron chi connectivity index (χ0n) is 10.4. The lowest BCUT2D eigenvalue weighted by atomic mass is 10.1. The van der Waals surface area contributed by atoms with Crippen molar-refractivity contribution in [3.8, 4) is 0 Å². The third-order valence-electron chi connectivity index (χ3n) is 2.64. The lowest BCUT2D eigenvalue weighted by Crippen LogP contribution is -2.22. The van der Waals surface area contributed by atoms with Gasteiger partial charge < -0.3 is 10.2 Å². The second-order valence-electron chi connectivity index (χ2n) is 4.28. The lowest BCUT2D eigenvalue weighted by Gasteiger charge is -2.16. The predicted octanol–water partition coefficient (Wildman–Crippen LogP) is 2.18. The zero-order valence-corrected chi connectivity index (χ0v) is 10.4. The van der Waals surface area contributed by atoms with Gasteiger partial charge in [-0.15, -0.1) is 0 Å². The monoisotopic (exact) mass is 224 g/mol. The average Bonchev–Trinajstić information content (AvgIpc) is 2.24. The van der Waals surface area contributed by atoms with Gasteiger partial charge in [-0.2, -0.15) is 0 Å². The van der Waals surface area contributed by atoms with Crippen molar-refractivity contribution in [1.29, 1.82) is 0 Å². The maximum absolute atomic E-state index is 13.1. The Balaban J connectivity index is 2.43. The van der Waals surface area contributed by atoms with Crippen molar-refractivity contribution < 1.29 is 4.39 Å². The smallest absolute Gasteiger partial charge is 0.126 e. The normalized spacial score (nSPS) is 11.1. The van der Waals surface area contributed by atoms with Gasteiger partial charge in [0, 0.05) is 6.54 Å². The van der Waals surface area contributed by atoms with Crippen molar-refractivity contribution in [2.75, 3.05) is 27.2 Å². The van der Waals surface area contributed by atoms with E-state index in [2.05, 4.69) is 17.3 Å². The standard InChI is InChI=1S/C13H21FN2/c1-11-9-12(5-6-13(11)14)10-16(3)8-4-7-15-2/h5-6,9,15H,4,7-8,10H2,1-3H3. The second kappa shape index (κ2) is 6.61. The highest BCUT2D eigenvalue weighted by Crippen LogP contribution is 2.10. The minimum Gasteiger partial charge on any atom is -0.320 e. The van der Waals surface area contributed by atoms with E-state index < -0.39 is 0 Å². The fraction of sp³-hybridized carbons (Fsp3) is 0.538. The van der Waals surface area contributed by atoms with Gasteiger partial charge in [0.1, 0.15) is 5.82 Å². The molecule has 0 atom stereocenters. The second-order valence-corrected chi connectivity index (χ2v) is 4.28. The number of halogens is 1. The Morgan fingerprint density at radius 3 is 2.75 bits per heavy atom. The molecule has 0 unspecified atom stereocenters. The van der Waals surface area contributed by atoms with E-state index in [4.69, 9.17) is 0 Å². The van der Waals surface area contributed by atoms with Crippen LogP contribution in [0.1, 0.15) is 17.5 Å². The molecule has 0 aliphatic carbocycles. The average molecular weight is 224 g/mol. The number of rotatable bonds is 6. The molecule has 1 aromatic carbocycles. The SMILES string of the molecule is CNCCCN(C)Cc1ccc(F)c(C)c1. The molecule has 0 aromatic heterocycles. The molecule has 0 aliphatic rings. The maximum atomic E-state index is 13.1. The van der Waals surface area contributed by atoms with E-state index in [-0.39, 0.29) is 5.82 Å². The summed E-state index contributed by atoms with van der Waals surface area (Å²) < 4.78 is 13.1. The third kappa shape index (κ3) is 4.29. The van der Waals surface area contributed by atoms with Crippen molar-refractivity contribution in [3.05, 3.63) is 35.1 Å². The van der Waals surface area contributed by atoms with Crippen molar-refractivity contribution in [3.63, 3.8) is 0 Å². The highest BCUT2D eigenvalue weighted by atomic mass is 19.1. The molecule has 1 aromatic rings. The van der Waals surface area contributed by atoms with E-state index in [9.17, 15) is 4.39 Å². The van der Waals surface area contributed by atoms with Crippen LogP contribution in [0, 0.1) is 12.7 Å². The molecule has 0 aliphatic heterocycles. The van der Waals surface area contributed by atoms with Crippen molar-refractivity contribution in [2.45, 2.75) is 19.9 Å². The predicted molar refractivity (Wildman–Crippen MR) is 66.0 cm³/mol. The highest BCUT2D eigenvalue weighted by Gasteiger charge is 2.02. The Morgan fingerprint density at radius 2 is 2.12 bits per heavy atom. The number of hydrogen-bond donors (Lipinski definition) is 1. The third-order valence-corrected chi connectivity index (χ3v) is 2.64. The summed E-state index contributed by atoms with van der Waals surface area (Å²) in [5.74, 6) is -0.124. The van der Waals surface area contributed by atoms with Crippen LogP contribution in [-0.4, -0.2) is 32.1 Å². The molecular weight excluding hydrogens is 203 g/mol. The van der Waals surface area contributed by atoms with Crippen LogP contribution >= 0.6 is 0 Å². The number of nitrogens with zero attached hydrogens (tertiary/aromatic N) is 1.